The van der Waals surface area contributed by atoms with Crippen LogP contribution in [0.1, 0.15) is 30.9 Å². The third-order valence-corrected chi connectivity index (χ3v) is 2.49. The van der Waals surface area contributed by atoms with Crippen molar-refractivity contribution in [2.45, 2.75) is 25.1 Å². The predicted octanol–water partition coefficient (Wildman–Crippen LogP) is 3.84. The van der Waals surface area contributed by atoms with E-state index in [9.17, 15) is 4.39 Å². The molecule has 0 heterocycles. The van der Waals surface area contributed by atoms with Crippen LogP contribution in [0.25, 0.3) is 0 Å². The molecule has 0 aliphatic carbocycles. The van der Waals surface area contributed by atoms with Gasteiger partial charge in [-0.3, -0.25) is 0 Å². The Morgan fingerprint density at radius 2 is 2.08 bits per heavy atom. The van der Waals surface area contributed by atoms with Crippen LogP contribution >= 0.6 is 15.9 Å². The molecule has 0 radical (unpaired) electrons. The molecular weight excluding hydrogens is 219 g/mol. The van der Waals surface area contributed by atoms with Crippen molar-refractivity contribution in [3.8, 4) is 0 Å². The van der Waals surface area contributed by atoms with Crippen molar-refractivity contribution >= 4 is 15.9 Å². The van der Waals surface area contributed by atoms with Gasteiger partial charge in [0.25, 0.3) is 0 Å². The van der Waals surface area contributed by atoms with Crippen LogP contribution in [0.3, 0.4) is 0 Å². The maximum Gasteiger partial charge on any atom is 0.127 e. The van der Waals surface area contributed by atoms with Gasteiger partial charge < -0.3 is 0 Å². The first-order chi connectivity index (χ1) is 5.65. The minimum Gasteiger partial charge on any atom is -0.207 e. The summed E-state index contributed by atoms with van der Waals surface area (Å²) in [5.41, 5.74) is 1.77. The zero-order chi connectivity index (χ0) is 9.14. The molecule has 0 saturated carbocycles. The second-order valence-electron chi connectivity index (χ2n) is 3.14. The third-order valence-electron chi connectivity index (χ3n) is 1.89. The number of rotatable bonds is 2. The monoisotopic (exact) mass is 230 g/mol. The van der Waals surface area contributed by atoms with Crippen molar-refractivity contribution in [1.82, 2.24) is 0 Å². The molecule has 0 aliphatic heterocycles. The second kappa shape index (κ2) is 4.04. The Hall–Kier alpha value is -0.370. The van der Waals surface area contributed by atoms with Gasteiger partial charge in [-0.15, -0.1) is 0 Å². The molecule has 0 aliphatic rings. The topological polar surface area (TPSA) is 0 Å². The molecule has 1 aromatic rings. The Morgan fingerprint density at radius 3 is 2.50 bits per heavy atom. The molecule has 0 amide bonds. The van der Waals surface area contributed by atoms with Crippen LogP contribution in [-0.4, -0.2) is 0 Å². The maximum atomic E-state index is 13.2. The first kappa shape index (κ1) is 9.72. The van der Waals surface area contributed by atoms with E-state index in [1.54, 1.807) is 6.07 Å². The van der Waals surface area contributed by atoms with Crippen molar-refractivity contribution in [2.75, 3.05) is 0 Å². The Balaban J connectivity index is 3.02. The summed E-state index contributed by atoms with van der Waals surface area (Å²) in [7, 11) is 0. The molecule has 0 bridgehead atoms. The van der Waals surface area contributed by atoms with E-state index in [1.165, 1.54) is 0 Å². The normalized spacial score (nSPS) is 10.8. The van der Waals surface area contributed by atoms with E-state index in [1.807, 2.05) is 12.1 Å². The fourth-order valence-electron chi connectivity index (χ4n) is 1.03. The van der Waals surface area contributed by atoms with Crippen LogP contribution < -0.4 is 0 Å². The van der Waals surface area contributed by atoms with Gasteiger partial charge in [-0.25, -0.2) is 4.39 Å². The van der Waals surface area contributed by atoms with Crippen molar-refractivity contribution in [3.63, 3.8) is 0 Å². The molecule has 0 unspecified atom stereocenters. The van der Waals surface area contributed by atoms with Crippen LogP contribution in [0.2, 0.25) is 0 Å². The van der Waals surface area contributed by atoms with Gasteiger partial charge in [-0.2, -0.15) is 0 Å². The molecule has 0 aromatic heterocycles. The first-order valence-electron chi connectivity index (χ1n) is 3.99. The standard InChI is InChI=1S/C10H12BrF/c1-7(2)8-3-4-9(6-11)10(12)5-8/h3-5,7H,6H2,1-2H3. The van der Waals surface area contributed by atoms with E-state index in [2.05, 4.69) is 29.8 Å². The zero-order valence-electron chi connectivity index (χ0n) is 7.27. The quantitative estimate of drug-likeness (QED) is 0.678. The summed E-state index contributed by atoms with van der Waals surface area (Å²) in [5, 5.41) is 0.581. The van der Waals surface area contributed by atoms with E-state index in [0.717, 1.165) is 11.1 Å². The van der Waals surface area contributed by atoms with Crippen LogP contribution in [0, 0.1) is 5.82 Å². The number of hydrogen-bond donors (Lipinski definition) is 0. The van der Waals surface area contributed by atoms with Crippen molar-refractivity contribution in [3.05, 3.63) is 35.1 Å². The lowest BCUT2D eigenvalue weighted by Gasteiger charge is -2.06. The average molecular weight is 231 g/mol. The fourth-order valence-corrected chi connectivity index (χ4v) is 1.49. The molecule has 0 N–H and O–H groups in total. The molecule has 2 heteroatoms. The van der Waals surface area contributed by atoms with Gasteiger partial charge in [0.2, 0.25) is 0 Å². The smallest absolute Gasteiger partial charge is 0.127 e. The largest absolute Gasteiger partial charge is 0.207 e. The van der Waals surface area contributed by atoms with E-state index < -0.39 is 0 Å². The summed E-state index contributed by atoms with van der Waals surface area (Å²) >= 11 is 3.23. The van der Waals surface area contributed by atoms with Crippen molar-refractivity contribution < 1.29 is 4.39 Å². The molecule has 66 valence electrons. The highest BCUT2D eigenvalue weighted by Crippen LogP contribution is 2.19. The molecule has 0 nitrogen and oxygen atoms in total. The average Bonchev–Trinajstić information content (AvgIpc) is 2.04. The third kappa shape index (κ3) is 2.07. The molecule has 0 fully saturated rings. The van der Waals surface area contributed by atoms with Crippen LogP contribution in [0.5, 0.6) is 0 Å². The summed E-state index contributed by atoms with van der Waals surface area (Å²) in [4.78, 5) is 0. The SMILES string of the molecule is CC(C)c1ccc(CBr)c(F)c1. The summed E-state index contributed by atoms with van der Waals surface area (Å²) < 4.78 is 13.2. The molecule has 0 atom stereocenters. The van der Waals surface area contributed by atoms with Gasteiger partial charge >= 0.3 is 0 Å². The minimum absolute atomic E-state index is 0.113. The number of alkyl halides is 1. The molecule has 1 rings (SSSR count). The Morgan fingerprint density at radius 1 is 1.42 bits per heavy atom. The van der Waals surface area contributed by atoms with E-state index in [0.29, 0.717) is 11.2 Å². The second-order valence-corrected chi connectivity index (χ2v) is 3.70. The Bertz CT molecular complexity index is 269. The van der Waals surface area contributed by atoms with E-state index in [4.69, 9.17) is 0 Å². The Kier molecular flexibility index (Phi) is 3.27. The van der Waals surface area contributed by atoms with Gasteiger partial charge in [-0.1, -0.05) is 41.9 Å². The lowest BCUT2D eigenvalue weighted by Crippen LogP contribution is -1.91. The molecule has 0 saturated heterocycles. The zero-order valence-corrected chi connectivity index (χ0v) is 8.86. The lowest BCUT2D eigenvalue weighted by molar-refractivity contribution is 0.613. The Labute approximate surface area is 80.9 Å². The van der Waals surface area contributed by atoms with Crippen molar-refractivity contribution in [1.29, 1.82) is 0 Å². The molecule has 12 heavy (non-hydrogen) atoms. The predicted molar refractivity (Wildman–Crippen MR) is 53.1 cm³/mol. The van der Waals surface area contributed by atoms with Gasteiger partial charge in [0.05, 0.1) is 0 Å². The van der Waals surface area contributed by atoms with Gasteiger partial charge in [0.1, 0.15) is 5.82 Å². The minimum atomic E-state index is -0.113. The highest BCUT2D eigenvalue weighted by atomic mass is 79.9. The van der Waals surface area contributed by atoms with Crippen LogP contribution in [0.15, 0.2) is 18.2 Å². The van der Waals surface area contributed by atoms with Crippen molar-refractivity contribution in [2.24, 2.45) is 0 Å². The van der Waals surface area contributed by atoms with Gasteiger partial charge in [0.15, 0.2) is 0 Å². The van der Waals surface area contributed by atoms with Gasteiger partial charge in [0, 0.05) is 5.33 Å². The highest BCUT2D eigenvalue weighted by molar-refractivity contribution is 9.08. The summed E-state index contributed by atoms with van der Waals surface area (Å²) in [6.45, 7) is 4.12. The number of benzene rings is 1. The van der Waals surface area contributed by atoms with E-state index in [-0.39, 0.29) is 5.82 Å². The summed E-state index contributed by atoms with van der Waals surface area (Å²) in [6.07, 6.45) is 0. The lowest BCUT2D eigenvalue weighted by atomic mass is 10.0. The van der Waals surface area contributed by atoms with Crippen LogP contribution in [-0.2, 0) is 5.33 Å². The highest BCUT2D eigenvalue weighted by Gasteiger charge is 2.04. The summed E-state index contributed by atoms with van der Waals surface area (Å²) in [6, 6.07) is 5.42. The summed E-state index contributed by atoms with van der Waals surface area (Å²) in [5.74, 6) is 0.280. The van der Waals surface area contributed by atoms with E-state index >= 15 is 0 Å². The maximum absolute atomic E-state index is 13.2. The molecule has 1 aromatic carbocycles. The van der Waals surface area contributed by atoms with Crippen LogP contribution in [0.4, 0.5) is 4.39 Å². The first-order valence-corrected chi connectivity index (χ1v) is 5.11. The van der Waals surface area contributed by atoms with Gasteiger partial charge in [-0.05, 0) is 23.1 Å². The molecule has 0 spiro atoms. The fraction of sp³-hybridized carbons (Fsp3) is 0.400. The number of halogens is 2. The number of hydrogen-bond acceptors (Lipinski definition) is 0. The molecular formula is C10H12BrF.